The summed E-state index contributed by atoms with van der Waals surface area (Å²) in [5.74, 6) is 0.540. The number of hydrogen-bond donors (Lipinski definition) is 2. The summed E-state index contributed by atoms with van der Waals surface area (Å²) >= 11 is 0. The van der Waals surface area contributed by atoms with Gasteiger partial charge in [0.2, 0.25) is 0 Å². The largest absolute Gasteiger partial charge is 0.377 e. The van der Waals surface area contributed by atoms with Gasteiger partial charge >= 0.3 is 0 Å². The normalized spacial score (nSPS) is 13.6. The lowest BCUT2D eigenvalue weighted by Crippen LogP contribution is -2.16. The average molecular weight is 420 g/mol. The maximum Gasteiger partial charge on any atom is 0.293 e. The third kappa shape index (κ3) is 4.55. The number of benzene rings is 1. The van der Waals surface area contributed by atoms with Crippen molar-refractivity contribution in [1.29, 1.82) is 0 Å². The number of nitro benzene ring substituents is 1. The maximum absolute atomic E-state index is 13.0. The summed E-state index contributed by atoms with van der Waals surface area (Å²) in [6.07, 6.45) is 3.63. The maximum atomic E-state index is 13.0. The van der Waals surface area contributed by atoms with Gasteiger partial charge in [-0.15, -0.1) is 0 Å². The van der Waals surface area contributed by atoms with E-state index in [9.17, 15) is 14.9 Å². The van der Waals surface area contributed by atoms with Crippen LogP contribution in [0.25, 0.3) is 5.82 Å². The highest BCUT2D eigenvalue weighted by Crippen LogP contribution is 2.32. The van der Waals surface area contributed by atoms with Crippen LogP contribution >= 0.6 is 0 Å². The van der Waals surface area contributed by atoms with Crippen LogP contribution in [0, 0.1) is 10.1 Å². The molecule has 0 atom stereocenters. The Bertz CT molecular complexity index is 1130. The van der Waals surface area contributed by atoms with Gasteiger partial charge in [0, 0.05) is 35.3 Å². The number of aromatic nitrogens is 3. The number of carbonyl (C=O) groups excluding carboxylic acids is 1. The monoisotopic (exact) mass is 420 g/mol. The van der Waals surface area contributed by atoms with Gasteiger partial charge in [0.05, 0.1) is 10.6 Å². The molecule has 2 aromatic heterocycles. The Morgan fingerprint density at radius 3 is 2.58 bits per heavy atom. The standard InChI is InChI=1S/C22H24N6O3/c1-22(2,3)18-13-20(27(26-18)19-6-4-5-11-23-19)25-21(29)14-7-10-16(24-15-8-9-15)17(12-14)28(30)31/h4-7,10-13,15,24H,8-9H2,1-3H3,(H,25,29). The second kappa shape index (κ2) is 7.82. The number of nitrogens with one attached hydrogen (secondary N) is 2. The molecule has 4 rings (SSSR count). The lowest BCUT2D eigenvalue weighted by atomic mass is 9.92. The van der Waals surface area contributed by atoms with Crippen molar-refractivity contribution in [3.8, 4) is 5.82 Å². The minimum Gasteiger partial charge on any atom is -0.377 e. The highest BCUT2D eigenvalue weighted by atomic mass is 16.6. The van der Waals surface area contributed by atoms with E-state index in [0.717, 1.165) is 18.5 Å². The van der Waals surface area contributed by atoms with Crippen molar-refractivity contribution < 1.29 is 9.72 Å². The number of nitro groups is 1. The molecule has 1 amide bonds. The van der Waals surface area contributed by atoms with Gasteiger partial charge in [-0.1, -0.05) is 26.8 Å². The number of amides is 1. The van der Waals surface area contributed by atoms with E-state index in [1.54, 1.807) is 41.2 Å². The molecule has 0 radical (unpaired) electrons. The fourth-order valence-corrected chi connectivity index (χ4v) is 3.07. The first-order valence-electron chi connectivity index (χ1n) is 10.1. The van der Waals surface area contributed by atoms with Gasteiger partial charge in [0.15, 0.2) is 5.82 Å². The van der Waals surface area contributed by atoms with Crippen molar-refractivity contribution in [3.63, 3.8) is 0 Å². The number of pyridine rings is 1. The van der Waals surface area contributed by atoms with Gasteiger partial charge in [-0.2, -0.15) is 9.78 Å². The molecule has 1 fully saturated rings. The average Bonchev–Trinajstić information content (AvgIpc) is 3.44. The molecule has 0 aliphatic heterocycles. The zero-order chi connectivity index (χ0) is 22.2. The lowest BCUT2D eigenvalue weighted by molar-refractivity contribution is -0.384. The molecular weight excluding hydrogens is 396 g/mol. The number of hydrogen-bond acceptors (Lipinski definition) is 6. The lowest BCUT2D eigenvalue weighted by Gasteiger charge is -2.13. The summed E-state index contributed by atoms with van der Waals surface area (Å²) < 4.78 is 1.57. The second-order valence-corrected chi connectivity index (χ2v) is 8.63. The molecule has 0 bridgehead atoms. The van der Waals surface area contributed by atoms with Crippen LogP contribution in [0.1, 0.15) is 49.7 Å². The molecule has 3 aromatic rings. The highest BCUT2D eigenvalue weighted by molar-refractivity contribution is 6.04. The van der Waals surface area contributed by atoms with E-state index in [0.29, 0.717) is 17.3 Å². The summed E-state index contributed by atoms with van der Waals surface area (Å²) in [5.41, 5.74) is 1.04. The van der Waals surface area contributed by atoms with Gasteiger partial charge in [-0.05, 0) is 37.1 Å². The molecule has 2 N–H and O–H groups in total. The number of carbonyl (C=O) groups is 1. The van der Waals surface area contributed by atoms with Crippen LogP contribution in [0.2, 0.25) is 0 Å². The molecule has 9 heteroatoms. The van der Waals surface area contributed by atoms with E-state index >= 15 is 0 Å². The first kappa shape index (κ1) is 20.5. The Morgan fingerprint density at radius 2 is 1.97 bits per heavy atom. The van der Waals surface area contributed by atoms with Gasteiger partial charge in [-0.3, -0.25) is 14.9 Å². The van der Waals surface area contributed by atoms with Crippen molar-refractivity contribution in [2.75, 3.05) is 10.6 Å². The van der Waals surface area contributed by atoms with Crippen molar-refractivity contribution in [3.05, 3.63) is 70.0 Å². The third-order valence-electron chi connectivity index (χ3n) is 4.98. The van der Waals surface area contributed by atoms with Crippen molar-refractivity contribution in [1.82, 2.24) is 14.8 Å². The Kier molecular flexibility index (Phi) is 5.18. The highest BCUT2D eigenvalue weighted by Gasteiger charge is 2.26. The minimum atomic E-state index is -0.475. The number of rotatable bonds is 6. The van der Waals surface area contributed by atoms with E-state index in [2.05, 4.69) is 20.7 Å². The molecule has 1 aliphatic rings. The van der Waals surface area contributed by atoms with E-state index in [4.69, 9.17) is 0 Å². The fraction of sp³-hybridized carbons (Fsp3) is 0.318. The van der Waals surface area contributed by atoms with Crippen molar-refractivity contribution in [2.24, 2.45) is 0 Å². The third-order valence-corrected chi connectivity index (χ3v) is 4.98. The number of anilines is 2. The van der Waals surface area contributed by atoms with E-state index in [1.807, 2.05) is 26.8 Å². The van der Waals surface area contributed by atoms with E-state index in [-0.39, 0.29) is 22.7 Å². The van der Waals surface area contributed by atoms with E-state index in [1.165, 1.54) is 6.07 Å². The zero-order valence-electron chi connectivity index (χ0n) is 17.6. The summed E-state index contributed by atoms with van der Waals surface area (Å²) in [6, 6.07) is 11.9. The molecule has 1 aromatic carbocycles. The quantitative estimate of drug-likeness (QED) is 0.454. The summed E-state index contributed by atoms with van der Waals surface area (Å²) in [7, 11) is 0. The molecule has 31 heavy (non-hydrogen) atoms. The molecule has 160 valence electrons. The first-order valence-corrected chi connectivity index (χ1v) is 10.1. The van der Waals surface area contributed by atoms with Crippen LogP contribution in [0.4, 0.5) is 17.2 Å². The molecule has 0 unspecified atom stereocenters. The smallest absolute Gasteiger partial charge is 0.293 e. The summed E-state index contributed by atoms with van der Waals surface area (Å²) in [6.45, 7) is 6.08. The van der Waals surface area contributed by atoms with Crippen molar-refractivity contribution >= 4 is 23.1 Å². The topological polar surface area (TPSA) is 115 Å². The Morgan fingerprint density at radius 1 is 1.19 bits per heavy atom. The van der Waals surface area contributed by atoms with Gasteiger partial charge in [-0.25, -0.2) is 4.98 Å². The molecule has 2 heterocycles. The van der Waals surface area contributed by atoms with E-state index < -0.39 is 10.8 Å². The Hall–Kier alpha value is -3.75. The van der Waals surface area contributed by atoms with Gasteiger partial charge in [0.25, 0.3) is 11.6 Å². The zero-order valence-corrected chi connectivity index (χ0v) is 17.6. The van der Waals surface area contributed by atoms with Crippen molar-refractivity contribution in [2.45, 2.75) is 45.1 Å². The van der Waals surface area contributed by atoms with Crippen LogP contribution in [0.5, 0.6) is 0 Å². The van der Waals surface area contributed by atoms with Crippen LogP contribution in [-0.2, 0) is 5.41 Å². The van der Waals surface area contributed by atoms with Crippen LogP contribution in [0.3, 0.4) is 0 Å². The fourth-order valence-electron chi connectivity index (χ4n) is 3.07. The van der Waals surface area contributed by atoms with Crippen LogP contribution in [-0.4, -0.2) is 31.6 Å². The molecule has 0 spiro atoms. The predicted molar refractivity (Wildman–Crippen MR) is 118 cm³/mol. The SMILES string of the molecule is CC(C)(C)c1cc(NC(=O)c2ccc(NC3CC3)c([N+](=O)[O-])c2)n(-c2ccccn2)n1. The molecular formula is C22H24N6O3. The molecule has 0 saturated heterocycles. The molecule has 1 aliphatic carbocycles. The summed E-state index contributed by atoms with van der Waals surface area (Å²) in [5, 5.41) is 22.1. The van der Waals surface area contributed by atoms with Gasteiger partial charge < -0.3 is 10.6 Å². The van der Waals surface area contributed by atoms with Gasteiger partial charge in [0.1, 0.15) is 11.5 Å². The first-order chi connectivity index (χ1) is 14.7. The summed E-state index contributed by atoms with van der Waals surface area (Å²) in [4.78, 5) is 28.3. The van der Waals surface area contributed by atoms with Crippen LogP contribution < -0.4 is 10.6 Å². The number of nitrogens with zero attached hydrogens (tertiary/aromatic N) is 4. The Balaban J connectivity index is 1.66. The predicted octanol–water partition coefficient (Wildman–Crippen LogP) is 4.30. The van der Waals surface area contributed by atoms with Crippen LogP contribution in [0.15, 0.2) is 48.7 Å². The Labute approximate surface area is 179 Å². The molecule has 1 saturated carbocycles. The minimum absolute atomic E-state index is 0.117. The molecule has 9 nitrogen and oxygen atoms in total. The second-order valence-electron chi connectivity index (χ2n) is 8.63.